The predicted octanol–water partition coefficient (Wildman–Crippen LogP) is 4.33. The summed E-state index contributed by atoms with van der Waals surface area (Å²) in [4.78, 5) is 6.17. The van der Waals surface area contributed by atoms with Crippen LogP contribution >= 0.6 is 0 Å². The number of aliphatic imine (C=N–C) groups is 1. The van der Waals surface area contributed by atoms with Crippen LogP contribution in [-0.2, 0) is 5.60 Å². The van der Waals surface area contributed by atoms with E-state index >= 15 is 0 Å². The van der Waals surface area contributed by atoms with Crippen molar-refractivity contribution in [1.29, 1.82) is 0 Å². The van der Waals surface area contributed by atoms with E-state index < -0.39 is 18.2 Å². The van der Waals surface area contributed by atoms with Crippen LogP contribution in [-0.4, -0.2) is 42.7 Å². The van der Waals surface area contributed by atoms with Gasteiger partial charge in [0, 0.05) is 31.1 Å². The molecule has 0 radical (unpaired) electrons. The summed E-state index contributed by atoms with van der Waals surface area (Å²) in [5, 5.41) is 10.3. The second-order valence-electron chi connectivity index (χ2n) is 6.19. The number of aliphatic hydroxyl groups is 1. The van der Waals surface area contributed by atoms with Crippen LogP contribution in [0.15, 0.2) is 29.8 Å². The zero-order chi connectivity index (χ0) is 19.4. The highest BCUT2D eigenvalue weighted by Gasteiger charge is 2.55. The Balaban J connectivity index is 3.46. The van der Waals surface area contributed by atoms with Crippen molar-refractivity contribution in [3.63, 3.8) is 0 Å². The van der Waals surface area contributed by atoms with Gasteiger partial charge in [0.25, 0.3) is 0 Å². The molecular weight excluding hydrogens is 333 g/mol. The lowest BCUT2D eigenvalue weighted by molar-refractivity contribution is -0.265. The molecule has 1 aromatic rings. The Bertz CT molecular complexity index is 642. The summed E-state index contributed by atoms with van der Waals surface area (Å²) in [6.45, 7) is 8.93. The van der Waals surface area contributed by atoms with E-state index in [9.17, 15) is 18.3 Å². The van der Waals surface area contributed by atoms with Crippen LogP contribution in [0.5, 0.6) is 5.75 Å². The Morgan fingerprint density at radius 3 is 2.40 bits per heavy atom. The van der Waals surface area contributed by atoms with E-state index in [1.54, 1.807) is 13.3 Å². The normalized spacial score (nSPS) is 14.6. The third kappa shape index (κ3) is 4.54. The minimum Gasteiger partial charge on any atom is -0.496 e. The zero-order valence-electron chi connectivity index (χ0n) is 15.2. The van der Waals surface area contributed by atoms with Gasteiger partial charge in [0.1, 0.15) is 5.75 Å². The fraction of sp³-hybridized carbons (Fsp3) is 0.500. The smallest absolute Gasteiger partial charge is 0.421 e. The fourth-order valence-corrected chi connectivity index (χ4v) is 2.18. The number of rotatable bonds is 7. The lowest BCUT2D eigenvalue weighted by Gasteiger charge is -2.31. The summed E-state index contributed by atoms with van der Waals surface area (Å²) >= 11 is 0. The second-order valence-corrected chi connectivity index (χ2v) is 6.19. The van der Waals surface area contributed by atoms with Gasteiger partial charge in [0.15, 0.2) is 5.60 Å². The average molecular weight is 358 g/mol. The van der Waals surface area contributed by atoms with E-state index in [1.807, 2.05) is 25.8 Å². The summed E-state index contributed by atoms with van der Waals surface area (Å²) in [5.41, 5.74) is -2.45. The molecule has 1 aromatic carbocycles. The number of methoxy groups -OCH3 is 1. The maximum atomic E-state index is 13.5. The van der Waals surface area contributed by atoms with Crippen molar-refractivity contribution in [1.82, 2.24) is 4.90 Å². The molecule has 1 unspecified atom stereocenters. The average Bonchev–Trinajstić information content (AvgIpc) is 2.51. The van der Waals surface area contributed by atoms with Gasteiger partial charge < -0.3 is 14.7 Å². The van der Waals surface area contributed by atoms with Gasteiger partial charge in [0.05, 0.1) is 19.1 Å². The first-order valence-corrected chi connectivity index (χ1v) is 7.83. The van der Waals surface area contributed by atoms with Gasteiger partial charge in [-0.25, -0.2) is 4.99 Å². The quantitative estimate of drug-likeness (QED) is 0.448. The van der Waals surface area contributed by atoms with Crippen molar-refractivity contribution >= 4 is 12.0 Å². The first-order chi connectivity index (χ1) is 11.5. The number of nitrogens with zero attached hydrogens (tertiary/aromatic N) is 2. The Labute approximate surface area is 146 Å². The number of alkyl halides is 3. The van der Waals surface area contributed by atoms with Crippen LogP contribution in [0, 0.1) is 6.92 Å². The minimum atomic E-state index is -4.87. The number of hydrogen-bond donors (Lipinski definition) is 1. The minimum absolute atomic E-state index is 0.0772. The second kappa shape index (κ2) is 7.91. The summed E-state index contributed by atoms with van der Waals surface area (Å²) in [6, 6.07) is 2.89. The van der Waals surface area contributed by atoms with Crippen molar-refractivity contribution in [2.45, 2.75) is 45.0 Å². The third-order valence-electron chi connectivity index (χ3n) is 4.07. The highest BCUT2D eigenvalue weighted by Crippen LogP contribution is 2.46. The van der Waals surface area contributed by atoms with Gasteiger partial charge >= 0.3 is 6.18 Å². The number of ether oxygens (including phenoxy) is 1. The molecule has 1 atom stereocenters. The van der Waals surface area contributed by atoms with Gasteiger partial charge in [-0.3, -0.25) is 0 Å². The van der Waals surface area contributed by atoms with Gasteiger partial charge in [-0.05, 0) is 32.4 Å². The molecule has 4 nitrogen and oxygen atoms in total. The molecule has 0 saturated heterocycles. The molecule has 0 heterocycles. The van der Waals surface area contributed by atoms with Crippen LogP contribution in [0.4, 0.5) is 18.9 Å². The van der Waals surface area contributed by atoms with Crippen LogP contribution in [0.3, 0.4) is 0 Å². The molecule has 0 amide bonds. The number of halogens is 3. The van der Waals surface area contributed by atoms with Gasteiger partial charge in [0.2, 0.25) is 0 Å². The highest BCUT2D eigenvalue weighted by molar-refractivity contribution is 5.65. The molecule has 1 N–H and O–H groups in total. The number of benzene rings is 1. The molecule has 0 saturated carbocycles. The third-order valence-corrected chi connectivity index (χ3v) is 4.07. The van der Waals surface area contributed by atoms with Crippen LogP contribution in [0.25, 0.3) is 0 Å². The van der Waals surface area contributed by atoms with E-state index in [0.717, 1.165) is 6.08 Å². The predicted molar refractivity (Wildman–Crippen MR) is 93.5 cm³/mol. The first kappa shape index (κ1) is 21.0. The lowest BCUT2D eigenvalue weighted by atomic mass is 9.87. The number of aryl methyl sites for hydroxylation is 1. The summed E-state index contributed by atoms with van der Waals surface area (Å²) < 4.78 is 45.5. The van der Waals surface area contributed by atoms with E-state index in [0.29, 0.717) is 11.3 Å². The van der Waals surface area contributed by atoms with Crippen LogP contribution in [0.1, 0.15) is 31.4 Å². The van der Waals surface area contributed by atoms with Crippen molar-refractivity contribution in [3.05, 3.63) is 35.9 Å². The topological polar surface area (TPSA) is 45.1 Å². The number of hydrogen-bond acceptors (Lipinski definition) is 3. The standard InChI is InChI=1S/C18H25F3N2O2/c1-7-8-17(24,18(19,20)21)14-9-13(4)15(10-16(14)25-6)22-11-23(5)12(2)3/h7,9-12,24H,1,8H2,2-6H3/b22-11+. The maximum absolute atomic E-state index is 13.5. The van der Waals surface area contributed by atoms with Gasteiger partial charge in [-0.15, -0.1) is 6.58 Å². The Kier molecular flexibility index (Phi) is 6.65. The Hall–Kier alpha value is -2.02. The molecule has 0 aromatic heterocycles. The molecule has 1 rings (SSSR count). The molecule has 7 heteroatoms. The Morgan fingerprint density at radius 1 is 1.36 bits per heavy atom. The SMILES string of the molecule is C=CCC(O)(c1cc(C)c(/N=C/N(C)C(C)C)cc1OC)C(F)(F)F. The molecule has 140 valence electrons. The van der Waals surface area contributed by atoms with E-state index in [1.165, 1.54) is 19.2 Å². The highest BCUT2D eigenvalue weighted by atomic mass is 19.4. The Morgan fingerprint density at radius 2 is 1.96 bits per heavy atom. The van der Waals surface area contributed by atoms with E-state index in [4.69, 9.17) is 4.74 Å². The maximum Gasteiger partial charge on any atom is 0.421 e. The van der Waals surface area contributed by atoms with E-state index in [2.05, 4.69) is 11.6 Å². The van der Waals surface area contributed by atoms with Crippen molar-refractivity contribution in [2.75, 3.05) is 14.2 Å². The largest absolute Gasteiger partial charge is 0.496 e. The summed E-state index contributed by atoms with van der Waals surface area (Å²) in [5.74, 6) is -0.0772. The molecule has 0 bridgehead atoms. The van der Waals surface area contributed by atoms with Gasteiger partial charge in [-0.2, -0.15) is 13.2 Å². The fourth-order valence-electron chi connectivity index (χ4n) is 2.18. The van der Waals surface area contributed by atoms with Crippen molar-refractivity contribution in [2.24, 2.45) is 4.99 Å². The van der Waals surface area contributed by atoms with E-state index in [-0.39, 0.29) is 17.4 Å². The van der Waals surface area contributed by atoms with Crippen LogP contribution < -0.4 is 4.74 Å². The monoisotopic (exact) mass is 358 g/mol. The molecule has 0 spiro atoms. The van der Waals surface area contributed by atoms with Crippen molar-refractivity contribution < 1.29 is 23.0 Å². The summed E-state index contributed by atoms with van der Waals surface area (Å²) in [7, 11) is 3.11. The molecular formula is C18H25F3N2O2. The first-order valence-electron chi connectivity index (χ1n) is 7.83. The molecule has 0 aliphatic heterocycles. The molecule has 25 heavy (non-hydrogen) atoms. The zero-order valence-corrected chi connectivity index (χ0v) is 15.2. The molecule has 0 aliphatic rings. The molecule has 0 aliphatic carbocycles. The summed E-state index contributed by atoms with van der Waals surface area (Å²) in [6.07, 6.45) is -2.91. The lowest BCUT2D eigenvalue weighted by Crippen LogP contribution is -2.42. The molecule has 0 fully saturated rings. The van der Waals surface area contributed by atoms with Crippen LogP contribution in [0.2, 0.25) is 0 Å². The van der Waals surface area contributed by atoms with Crippen molar-refractivity contribution in [3.8, 4) is 5.75 Å². The van der Waals surface area contributed by atoms with Gasteiger partial charge in [-0.1, -0.05) is 6.08 Å².